The first-order chi connectivity index (χ1) is 4.68. The number of allylic oxidation sites excluding steroid dienone is 1. The lowest BCUT2D eigenvalue weighted by molar-refractivity contribution is -0.156. The zero-order chi connectivity index (χ0) is 9.65. The quantitative estimate of drug-likeness (QED) is 0.337. The first kappa shape index (κ1) is 23.0. The number of alkyl halides is 5. The maximum atomic E-state index is 10.8. The predicted octanol–water partition coefficient (Wildman–Crippen LogP) is 4.44. The lowest BCUT2D eigenvalue weighted by Crippen LogP contribution is -2.17. The second kappa shape index (κ2) is 9.92. The van der Waals surface area contributed by atoms with Crippen molar-refractivity contribution in [1.29, 1.82) is 0 Å². The third-order valence-electron chi connectivity index (χ3n) is 0.247. The minimum Gasteiger partial charge on any atom is -0.220 e. The van der Waals surface area contributed by atoms with Crippen LogP contribution >= 0.6 is 24.0 Å². The molecule has 0 aromatic heterocycles. The summed E-state index contributed by atoms with van der Waals surface area (Å²) < 4.78 is 53.7. The van der Waals surface area contributed by atoms with Crippen molar-refractivity contribution in [1.82, 2.24) is 0 Å². The number of hydrogen-bond acceptors (Lipinski definition) is 0. The molecule has 0 aliphatic rings. The van der Waals surface area contributed by atoms with E-state index in [0.29, 0.717) is 0 Å². The highest BCUT2D eigenvalue weighted by Gasteiger charge is 2.38. The van der Waals surface area contributed by atoms with Crippen LogP contribution in [-0.2, 0) is 0 Å². The molecule has 0 rings (SSSR count). The van der Waals surface area contributed by atoms with Crippen LogP contribution in [0.3, 0.4) is 0 Å². The van der Waals surface area contributed by atoms with Crippen LogP contribution in [0.2, 0.25) is 0 Å². The fourth-order valence-corrected chi connectivity index (χ4v) is 0. The van der Waals surface area contributed by atoms with Gasteiger partial charge >= 0.3 is 6.18 Å². The first-order valence-corrected chi connectivity index (χ1v) is 2.77. The monoisotopic (exact) mass is 247 g/mol. The van der Waals surface area contributed by atoms with Gasteiger partial charge in [-0.2, -0.15) is 13.2 Å². The summed E-state index contributed by atoms with van der Waals surface area (Å²) in [6.45, 7) is 4.19. The Hall–Kier alpha value is -0.160. The Balaban J connectivity index is -0.0000000600. The normalized spacial score (nSPS) is 11.0. The van der Waals surface area contributed by atoms with Gasteiger partial charge in [0, 0.05) is 7.43 Å². The third kappa shape index (κ3) is 33.6. The van der Waals surface area contributed by atoms with E-state index < -0.39 is 11.8 Å². The van der Waals surface area contributed by atoms with Gasteiger partial charge in [-0.25, -0.2) is 8.78 Å². The van der Waals surface area contributed by atoms with Crippen molar-refractivity contribution in [2.24, 2.45) is 0 Å². The highest BCUT2D eigenvalue weighted by atomic mass is 35.5. The van der Waals surface area contributed by atoms with E-state index in [1.807, 2.05) is 0 Å². The molecule has 0 aromatic rings. The average Bonchev–Trinajstić information content (AvgIpc) is 1.59. The Kier molecular flexibility index (Phi) is 17.6. The molecule has 0 fully saturated rings. The molecule has 0 heterocycles. The summed E-state index contributed by atoms with van der Waals surface area (Å²) in [5.41, 5.74) is -3.23. The van der Waals surface area contributed by atoms with Crippen LogP contribution in [0.25, 0.3) is 0 Å². The molecule has 0 spiro atoms. The molecule has 0 bridgehead atoms. The Labute approximate surface area is 85.2 Å². The molecule has 0 aromatic carbocycles. The van der Waals surface area contributed by atoms with Crippen molar-refractivity contribution < 1.29 is 22.0 Å². The van der Waals surface area contributed by atoms with Crippen molar-refractivity contribution in [2.75, 3.05) is 0 Å². The van der Waals surface area contributed by atoms with Crippen molar-refractivity contribution in [3.05, 3.63) is 19.8 Å². The van der Waals surface area contributed by atoms with Crippen LogP contribution in [0.1, 0.15) is 6.92 Å². The van der Waals surface area contributed by atoms with Gasteiger partial charge in [0.1, 0.15) is 0 Å². The van der Waals surface area contributed by atoms with Gasteiger partial charge < -0.3 is 0 Å². The van der Waals surface area contributed by atoms with Crippen LogP contribution in [-0.4, -0.2) is 11.8 Å². The number of hydrogen-bond donors (Lipinski definition) is 0. The van der Waals surface area contributed by atoms with Gasteiger partial charge in [-0.1, -0.05) is 18.2 Å². The van der Waals surface area contributed by atoms with Gasteiger partial charge in [-0.15, -0.1) is 12.4 Å². The van der Waals surface area contributed by atoms with E-state index in [1.54, 1.807) is 0 Å². The number of rotatable bonds is 0. The van der Waals surface area contributed by atoms with Gasteiger partial charge in [0.05, 0.1) is 5.83 Å². The average molecular weight is 248 g/mol. The second-order valence-corrected chi connectivity index (χ2v) is 1.90. The molecule has 82 valence electrons. The van der Waals surface area contributed by atoms with Gasteiger partial charge in [0.2, 0.25) is 0 Å². The van der Waals surface area contributed by atoms with Crippen molar-refractivity contribution >= 4 is 24.0 Å². The first-order valence-electron chi connectivity index (χ1n) is 2.33. The maximum absolute atomic E-state index is 10.8. The summed E-state index contributed by atoms with van der Waals surface area (Å²) in [5, 5.41) is 0. The summed E-state index contributed by atoms with van der Waals surface area (Å²) in [6, 6.07) is 0. The molecule has 1 atom stereocenters. The molecule has 13 heavy (non-hydrogen) atoms. The zero-order valence-electron chi connectivity index (χ0n) is 6.96. The standard InChI is InChI=1S/C3H5F.C2HClF4.CH3.ClH/c1-3(2)4;3-1(4)2(5,6)7;;/h1H2,2H3;1H;1H3;1H/q;;+1;. The Morgan fingerprint density at radius 1 is 1.38 bits per heavy atom. The molecular formula is C6H10Cl2F5+. The molecular weight excluding hydrogens is 238 g/mol. The minimum atomic E-state index is -4.90. The van der Waals surface area contributed by atoms with E-state index in [0.717, 1.165) is 0 Å². The van der Waals surface area contributed by atoms with E-state index in [1.165, 1.54) is 6.92 Å². The Bertz CT molecular complexity index is 117. The lowest BCUT2D eigenvalue weighted by atomic mass is 10.7. The maximum Gasteiger partial charge on any atom is 0.433 e. The molecule has 7 heteroatoms. The zero-order valence-corrected chi connectivity index (χ0v) is 8.53. The van der Waals surface area contributed by atoms with Gasteiger partial charge in [0.25, 0.3) is 5.63 Å². The fraction of sp³-hybridized carbons (Fsp3) is 0.500. The highest BCUT2D eigenvalue weighted by Crippen LogP contribution is 2.24. The summed E-state index contributed by atoms with van der Waals surface area (Å²) in [7, 11) is 0. The van der Waals surface area contributed by atoms with Gasteiger partial charge in [0.15, 0.2) is 0 Å². The Morgan fingerprint density at radius 2 is 1.46 bits per heavy atom. The molecule has 0 amide bonds. The van der Waals surface area contributed by atoms with E-state index in [4.69, 9.17) is 0 Å². The SMILES string of the molecule is C=C(C)F.Cl.FC(Cl)C(F)(F)F.[CH3+]. The molecule has 0 N–H and O–H groups in total. The largest absolute Gasteiger partial charge is 0.433 e. The lowest BCUT2D eigenvalue weighted by Gasteiger charge is -2.01. The van der Waals surface area contributed by atoms with Crippen molar-refractivity contribution in [2.45, 2.75) is 18.7 Å². The van der Waals surface area contributed by atoms with E-state index in [-0.39, 0.29) is 25.7 Å². The van der Waals surface area contributed by atoms with Crippen LogP contribution in [0.4, 0.5) is 22.0 Å². The third-order valence-corrected chi connectivity index (χ3v) is 0.495. The topological polar surface area (TPSA) is 0 Å². The minimum absolute atomic E-state index is 0. The van der Waals surface area contributed by atoms with E-state index >= 15 is 0 Å². The Morgan fingerprint density at radius 3 is 1.46 bits per heavy atom. The summed E-state index contributed by atoms with van der Waals surface area (Å²) in [6.07, 6.45) is -4.90. The molecule has 0 saturated heterocycles. The number of halogens is 7. The van der Waals surface area contributed by atoms with E-state index in [2.05, 4.69) is 18.2 Å². The van der Waals surface area contributed by atoms with E-state index in [9.17, 15) is 22.0 Å². The second-order valence-electron chi connectivity index (χ2n) is 1.52. The predicted molar refractivity (Wildman–Crippen MR) is 46.4 cm³/mol. The molecule has 0 aliphatic carbocycles. The molecule has 0 saturated carbocycles. The van der Waals surface area contributed by atoms with Crippen LogP contribution < -0.4 is 0 Å². The smallest absolute Gasteiger partial charge is 0.220 e. The molecule has 0 nitrogen and oxygen atoms in total. The van der Waals surface area contributed by atoms with Gasteiger partial charge in [-0.3, -0.25) is 0 Å². The summed E-state index contributed by atoms with van der Waals surface area (Å²) in [4.78, 5) is 0. The summed E-state index contributed by atoms with van der Waals surface area (Å²) >= 11 is 3.96. The fourth-order valence-electron chi connectivity index (χ4n) is 0. The van der Waals surface area contributed by atoms with Crippen LogP contribution in [0, 0.1) is 7.43 Å². The molecule has 0 radical (unpaired) electrons. The van der Waals surface area contributed by atoms with Crippen LogP contribution in [0.15, 0.2) is 12.4 Å². The van der Waals surface area contributed by atoms with Crippen molar-refractivity contribution in [3.8, 4) is 0 Å². The molecule has 1 unspecified atom stereocenters. The van der Waals surface area contributed by atoms with Crippen molar-refractivity contribution in [3.63, 3.8) is 0 Å². The molecule has 0 aliphatic heterocycles. The highest BCUT2D eigenvalue weighted by molar-refractivity contribution is 6.20. The summed E-state index contributed by atoms with van der Waals surface area (Å²) in [5.74, 6) is -0.333. The van der Waals surface area contributed by atoms with Crippen LogP contribution in [0.5, 0.6) is 0 Å². The van der Waals surface area contributed by atoms with Gasteiger partial charge in [-0.05, 0) is 6.92 Å².